The summed E-state index contributed by atoms with van der Waals surface area (Å²) >= 11 is 0. The summed E-state index contributed by atoms with van der Waals surface area (Å²) in [5, 5.41) is 18.3. The molecule has 0 aliphatic heterocycles. The zero-order chi connectivity index (χ0) is 41.8. The lowest BCUT2D eigenvalue weighted by Gasteiger charge is -2.20. The summed E-state index contributed by atoms with van der Waals surface area (Å²) in [7, 11) is -4.53. The number of ether oxygens (including phenoxy) is 2. The lowest BCUT2D eigenvalue weighted by Crippen LogP contribution is -2.29. The van der Waals surface area contributed by atoms with Gasteiger partial charge in [0, 0.05) is 13.0 Å². The van der Waals surface area contributed by atoms with Crippen LogP contribution in [-0.2, 0) is 27.9 Å². The highest BCUT2D eigenvalue weighted by atomic mass is 31.2. The SMILES string of the molecule is CC/C=C\C/C=C\C/C=C\C/C=C\C/C=C\C/C=C\CCCCCCCOCC(COP(=O)(O)OCC(O)CO)OC(=O)CCCCCCC/C=C\CCCCC. The zero-order valence-electron chi connectivity index (χ0n) is 35.8. The standard InChI is InChI=1S/C47H81O9P/c1-3-5-7-9-11-13-15-17-18-19-20-21-22-23-24-25-26-27-28-30-32-34-36-38-40-53-43-46(44-55-57(51,52)54-42-45(49)41-48)56-47(50)39-37-35-33-31-29-16-14-12-10-8-6-4-2/h5,7,11-14,17-18,20-21,23-24,26-27,45-46,48-49H,3-4,6,8-10,15-16,19,22,25,28-44H2,1-2H3,(H,51,52)/b7-5-,13-11-,14-12-,18-17-,21-20-,24-23-,27-26-. The van der Waals surface area contributed by atoms with Crippen molar-refractivity contribution >= 4 is 13.8 Å². The van der Waals surface area contributed by atoms with E-state index in [2.05, 4.69) is 98.9 Å². The molecule has 0 aromatic carbocycles. The van der Waals surface area contributed by atoms with Crippen LogP contribution in [0.1, 0.15) is 162 Å². The smallest absolute Gasteiger partial charge is 0.457 e. The van der Waals surface area contributed by atoms with Gasteiger partial charge >= 0.3 is 13.8 Å². The van der Waals surface area contributed by atoms with Gasteiger partial charge in [-0.15, -0.1) is 0 Å². The van der Waals surface area contributed by atoms with Gasteiger partial charge in [0.25, 0.3) is 0 Å². The maximum atomic E-state index is 12.6. The molecule has 0 fully saturated rings. The summed E-state index contributed by atoms with van der Waals surface area (Å²) in [6.07, 6.45) is 52.6. The number of aliphatic hydroxyl groups excluding tert-OH is 2. The van der Waals surface area contributed by atoms with Crippen LogP contribution in [0.3, 0.4) is 0 Å². The van der Waals surface area contributed by atoms with Crippen molar-refractivity contribution in [1.82, 2.24) is 0 Å². The van der Waals surface area contributed by atoms with E-state index in [1.165, 1.54) is 19.3 Å². The van der Waals surface area contributed by atoms with Gasteiger partial charge in [0.05, 0.1) is 26.4 Å². The van der Waals surface area contributed by atoms with Crippen molar-refractivity contribution in [2.75, 3.05) is 33.0 Å². The van der Waals surface area contributed by atoms with Crippen LogP contribution >= 0.6 is 7.82 Å². The van der Waals surface area contributed by atoms with Crippen molar-refractivity contribution in [3.63, 3.8) is 0 Å². The summed E-state index contributed by atoms with van der Waals surface area (Å²) in [5.41, 5.74) is 0. The molecular formula is C47H81O9P. The van der Waals surface area contributed by atoms with Crippen LogP contribution in [0, 0.1) is 0 Å². The Morgan fingerprint density at radius 3 is 1.53 bits per heavy atom. The number of allylic oxidation sites excluding steroid dienone is 14. The predicted molar refractivity (Wildman–Crippen MR) is 237 cm³/mol. The topological polar surface area (TPSA) is 132 Å². The van der Waals surface area contributed by atoms with E-state index in [0.29, 0.717) is 13.0 Å². The van der Waals surface area contributed by atoms with Crippen molar-refractivity contribution in [2.24, 2.45) is 0 Å². The fourth-order valence-electron chi connectivity index (χ4n) is 5.47. The zero-order valence-corrected chi connectivity index (χ0v) is 36.7. The first kappa shape index (κ1) is 54.6. The summed E-state index contributed by atoms with van der Waals surface area (Å²) in [4.78, 5) is 22.5. The summed E-state index contributed by atoms with van der Waals surface area (Å²) in [5.74, 6) is -0.404. The molecule has 0 spiro atoms. The van der Waals surface area contributed by atoms with Gasteiger partial charge in [-0.25, -0.2) is 4.57 Å². The minimum absolute atomic E-state index is 0.0274. The van der Waals surface area contributed by atoms with E-state index < -0.39 is 45.8 Å². The second-order valence-electron chi connectivity index (χ2n) is 14.3. The number of phosphoric acid groups is 1. The number of carbonyl (C=O) groups is 1. The number of aliphatic hydroxyl groups is 2. The van der Waals surface area contributed by atoms with Crippen LogP contribution in [0.15, 0.2) is 85.1 Å². The minimum atomic E-state index is -4.53. The Labute approximate surface area is 347 Å². The van der Waals surface area contributed by atoms with Crippen LogP contribution in [0.2, 0.25) is 0 Å². The van der Waals surface area contributed by atoms with Gasteiger partial charge in [-0.3, -0.25) is 13.8 Å². The molecule has 3 atom stereocenters. The molecule has 0 aromatic heterocycles. The molecule has 3 unspecified atom stereocenters. The number of carbonyl (C=O) groups excluding carboxylic acids is 1. The van der Waals surface area contributed by atoms with Crippen LogP contribution in [-0.4, -0.2) is 66.3 Å². The summed E-state index contributed by atoms with van der Waals surface area (Å²) < 4.78 is 33.3. The highest BCUT2D eigenvalue weighted by Crippen LogP contribution is 2.43. The maximum Gasteiger partial charge on any atom is 0.472 e. The Morgan fingerprint density at radius 2 is 1.00 bits per heavy atom. The third kappa shape index (κ3) is 43.1. The monoisotopic (exact) mass is 821 g/mol. The lowest BCUT2D eigenvalue weighted by molar-refractivity contribution is -0.154. The number of rotatable bonds is 41. The van der Waals surface area contributed by atoms with E-state index >= 15 is 0 Å². The summed E-state index contributed by atoms with van der Waals surface area (Å²) in [6.45, 7) is 3.29. The molecule has 0 bridgehead atoms. The third-order valence-electron chi connectivity index (χ3n) is 8.81. The molecule has 0 aliphatic rings. The quantitative estimate of drug-likeness (QED) is 0.0239. The normalized spacial score (nSPS) is 14.8. The molecule has 10 heteroatoms. The molecule has 0 aromatic rings. The average molecular weight is 821 g/mol. The molecule has 0 heterocycles. The number of phosphoric ester groups is 1. The van der Waals surface area contributed by atoms with Gasteiger partial charge in [-0.05, 0) is 89.9 Å². The molecule has 0 amide bonds. The number of hydrogen-bond acceptors (Lipinski definition) is 8. The fourth-order valence-corrected chi connectivity index (χ4v) is 6.26. The third-order valence-corrected chi connectivity index (χ3v) is 9.77. The van der Waals surface area contributed by atoms with Gasteiger partial charge in [0.15, 0.2) is 0 Å². The number of unbranched alkanes of at least 4 members (excludes halogenated alkanes) is 13. The van der Waals surface area contributed by atoms with Crippen LogP contribution in [0.25, 0.3) is 0 Å². The first-order valence-electron chi connectivity index (χ1n) is 22.1. The first-order valence-corrected chi connectivity index (χ1v) is 23.6. The molecular weight excluding hydrogens is 739 g/mol. The van der Waals surface area contributed by atoms with E-state index in [1.54, 1.807) is 0 Å². The average Bonchev–Trinajstić information content (AvgIpc) is 3.20. The highest BCUT2D eigenvalue weighted by molar-refractivity contribution is 7.47. The van der Waals surface area contributed by atoms with E-state index in [1.807, 2.05) is 0 Å². The van der Waals surface area contributed by atoms with E-state index in [0.717, 1.165) is 116 Å². The molecule has 57 heavy (non-hydrogen) atoms. The molecule has 0 radical (unpaired) electrons. The first-order chi connectivity index (χ1) is 27.8. The van der Waals surface area contributed by atoms with E-state index in [-0.39, 0.29) is 13.0 Å². The minimum Gasteiger partial charge on any atom is -0.457 e. The second kappa shape index (κ2) is 43.2. The summed E-state index contributed by atoms with van der Waals surface area (Å²) in [6, 6.07) is 0. The molecule has 0 saturated carbocycles. The molecule has 9 nitrogen and oxygen atoms in total. The molecule has 3 N–H and O–H groups in total. The second-order valence-corrected chi connectivity index (χ2v) is 15.8. The van der Waals surface area contributed by atoms with Crippen molar-refractivity contribution in [2.45, 2.75) is 174 Å². The Kier molecular flexibility index (Phi) is 41.4. The molecule has 0 rings (SSSR count). The Balaban J connectivity index is 4.19. The van der Waals surface area contributed by atoms with E-state index in [9.17, 15) is 19.4 Å². The molecule has 0 saturated heterocycles. The van der Waals surface area contributed by atoms with Crippen molar-refractivity contribution in [1.29, 1.82) is 0 Å². The van der Waals surface area contributed by atoms with Gasteiger partial charge in [-0.2, -0.15) is 0 Å². The Morgan fingerprint density at radius 1 is 0.561 bits per heavy atom. The highest BCUT2D eigenvalue weighted by Gasteiger charge is 2.26. The van der Waals surface area contributed by atoms with Gasteiger partial charge in [0.2, 0.25) is 0 Å². The van der Waals surface area contributed by atoms with Gasteiger partial charge < -0.3 is 24.6 Å². The number of esters is 1. The van der Waals surface area contributed by atoms with Crippen LogP contribution in [0.5, 0.6) is 0 Å². The Bertz CT molecular complexity index is 1160. The van der Waals surface area contributed by atoms with Crippen molar-refractivity contribution in [3.8, 4) is 0 Å². The fraction of sp³-hybridized carbons (Fsp3) is 0.681. The maximum absolute atomic E-state index is 12.6. The largest absolute Gasteiger partial charge is 0.472 e. The predicted octanol–water partition coefficient (Wildman–Crippen LogP) is 12.3. The lowest BCUT2D eigenvalue weighted by atomic mass is 10.1. The Hall–Kier alpha value is -2.36. The van der Waals surface area contributed by atoms with Gasteiger partial charge in [0.1, 0.15) is 12.2 Å². The number of hydrogen-bond donors (Lipinski definition) is 3. The van der Waals surface area contributed by atoms with Crippen LogP contribution in [0.4, 0.5) is 0 Å². The van der Waals surface area contributed by atoms with E-state index in [4.69, 9.17) is 23.6 Å². The van der Waals surface area contributed by atoms with Gasteiger partial charge in [-0.1, -0.05) is 150 Å². The van der Waals surface area contributed by atoms with Crippen molar-refractivity contribution < 1.29 is 43.0 Å². The van der Waals surface area contributed by atoms with Crippen molar-refractivity contribution in [3.05, 3.63) is 85.1 Å². The van der Waals surface area contributed by atoms with Crippen LogP contribution < -0.4 is 0 Å². The molecule has 0 aliphatic carbocycles. The molecule has 328 valence electrons.